The van der Waals surface area contributed by atoms with Crippen molar-refractivity contribution in [3.63, 3.8) is 0 Å². The van der Waals surface area contributed by atoms with E-state index in [4.69, 9.17) is 0 Å². The SMILES string of the molecule is O=C(Cc1ccccc1C(F)(F)F)NC1[C@@H]2CC[C@H]1CN(Cc1nccs1)C2. The van der Waals surface area contributed by atoms with Gasteiger partial charge in [0.05, 0.1) is 18.5 Å². The second kappa shape index (κ2) is 7.83. The summed E-state index contributed by atoms with van der Waals surface area (Å²) in [7, 11) is 0. The molecule has 4 nitrogen and oxygen atoms in total. The molecule has 1 amide bonds. The number of halogens is 3. The van der Waals surface area contributed by atoms with Crippen LogP contribution in [0.3, 0.4) is 0 Å². The van der Waals surface area contributed by atoms with E-state index < -0.39 is 11.7 Å². The van der Waals surface area contributed by atoms with E-state index in [2.05, 4.69) is 15.2 Å². The van der Waals surface area contributed by atoms with Crippen LogP contribution in [0.1, 0.15) is 29.0 Å². The molecule has 2 aliphatic rings. The lowest BCUT2D eigenvalue weighted by Crippen LogP contribution is -2.52. The molecule has 1 aliphatic heterocycles. The normalized spacial score (nSPS) is 25.0. The second-order valence-electron chi connectivity index (χ2n) is 7.64. The highest BCUT2D eigenvalue weighted by Gasteiger charge is 2.43. The van der Waals surface area contributed by atoms with Crippen molar-refractivity contribution in [2.24, 2.45) is 11.8 Å². The minimum Gasteiger partial charge on any atom is -0.352 e. The first kappa shape index (κ1) is 19.4. The van der Waals surface area contributed by atoms with Gasteiger partial charge in [0.2, 0.25) is 5.91 Å². The number of amides is 1. The van der Waals surface area contributed by atoms with Crippen LogP contribution in [-0.2, 0) is 23.9 Å². The number of carbonyl (C=O) groups is 1. The number of carbonyl (C=O) groups excluding carboxylic acids is 1. The van der Waals surface area contributed by atoms with Crippen LogP contribution in [0.2, 0.25) is 0 Å². The minimum atomic E-state index is -4.45. The number of nitrogens with one attached hydrogen (secondary N) is 1. The quantitative estimate of drug-likeness (QED) is 0.819. The van der Waals surface area contributed by atoms with Crippen LogP contribution in [-0.4, -0.2) is 34.9 Å². The summed E-state index contributed by atoms with van der Waals surface area (Å²) >= 11 is 1.64. The molecular weight excluding hydrogens is 387 g/mol. The number of alkyl halides is 3. The van der Waals surface area contributed by atoms with Crippen LogP contribution >= 0.6 is 11.3 Å². The molecule has 8 heteroatoms. The van der Waals surface area contributed by atoms with Crippen LogP contribution in [0, 0.1) is 11.8 Å². The van der Waals surface area contributed by atoms with Gasteiger partial charge >= 0.3 is 6.18 Å². The molecule has 2 aromatic rings. The summed E-state index contributed by atoms with van der Waals surface area (Å²) in [6, 6.07) is 5.36. The number of hydrogen-bond donors (Lipinski definition) is 1. The van der Waals surface area contributed by atoms with E-state index in [1.165, 1.54) is 12.1 Å². The van der Waals surface area contributed by atoms with E-state index >= 15 is 0 Å². The van der Waals surface area contributed by atoms with Crippen molar-refractivity contribution >= 4 is 17.2 Å². The third kappa shape index (κ3) is 4.22. The highest BCUT2D eigenvalue weighted by Crippen LogP contribution is 2.38. The predicted octanol–water partition coefficient (Wildman–Crippen LogP) is 3.73. The molecule has 2 bridgehead atoms. The Morgan fingerprint density at radius 2 is 1.93 bits per heavy atom. The molecule has 150 valence electrons. The van der Waals surface area contributed by atoms with Gasteiger partial charge in [0.15, 0.2) is 0 Å². The van der Waals surface area contributed by atoms with Gasteiger partial charge in [-0.3, -0.25) is 9.69 Å². The number of piperidine rings is 1. The summed E-state index contributed by atoms with van der Waals surface area (Å²) in [4.78, 5) is 19.2. The zero-order valence-corrected chi connectivity index (χ0v) is 16.1. The number of likely N-dealkylation sites (tertiary alicyclic amines) is 1. The largest absolute Gasteiger partial charge is 0.416 e. The number of fused-ring (bicyclic) bond motifs is 2. The lowest BCUT2D eigenvalue weighted by atomic mass is 9.91. The Kier molecular flexibility index (Phi) is 5.42. The number of aromatic nitrogens is 1. The van der Waals surface area contributed by atoms with E-state index in [1.807, 2.05) is 5.38 Å². The van der Waals surface area contributed by atoms with Crippen molar-refractivity contribution in [2.45, 2.75) is 38.0 Å². The van der Waals surface area contributed by atoms with E-state index in [1.54, 1.807) is 23.6 Å². The number of benzene rings is 1. The Morgan fingerprint density at radius 3 is 2.57 bits per heavy atom. The smallest absolute Gasteiger partial charge is 0.352 e. The van der Waals surface area contributed by atoms with E-state index in [-0.39, 0.29) is 23.9 Å². The van der Waals surface area contributed by atoms with E-state index in [0.717, 1.165) is 43.5 Å². The fourth-order valence-electron chi connectivity index (χ4n) is 4.57. The zero-order chi connectivity index (χ0) is 19.7. The molecule has 0 radical (unpaired) electrons. The Morgan fingerprint density at radius 1 is 1.21 bits per heavy atom. The Hall–Kier alpha value is -1.93. The van der Waals surface area contributed by atoms with Gasteiger partial charge < -0.3 is 5.32 Å². The summed E-state index contributed by atoms with van der Waals surface area (Å²) in [5.74, 6) is 0.369. The first-order valence-corrected chi connectivity index (χ1v) is 10.3. The maximum absolute atomic E-state index is 13.1. The molecule has 1 aliphatic carbocycles. The summed E-state index contributed by atoms with van der Waals surface area (Å²) in [5.41, 5.74) is -0.701. The van der Waals surface area contributed by atoms with Crippen LogP contribution in [0.25, 0.3) is 0 Å². The van der Waals surface area contributed by atoms with Gasteiger partial charge in [0.25, 0.3) is 0 Å². The van der Waals surface area contributed by atoms with Gasteiger partial charge in [-0.25, -0.2) is 4.98 Å². The molecule has 4 rings (SSSR count). The Bertz CT molecular complexity index is 810. The highest BCUT2D eigenvalue weighted by molar-refractivity contribution is 7.09. The molecule has 28 heavy (non-hydrogen) atoms. The van der Waals surface area contributed by atoms with Crippen LogP contribution in [0.4, 0.5) is 13.2 Å². The second-order valence-corrected chi connectivity index (χ2v) is 8.62. The maximum atomic E-state index is 13.1. The summed E-state index contributed by atoms with van der Waals surface area (Å²) in [5, 5.41) is 6.10. The van der Waals surface area contributed by atoms with Crippen LogP contribution in [0.15, 0.2) is 35.8 Å². The average molecular weight is 409 g/mol. The predicted molar refractivity (Wildman–Crippen MR) is 101 cm³/mol. The van der Waals surface area contributed by atoms with Crippen LogP contribution in [0.5, 0.6) is 0 Å². The van der Waals surface area contributed by atoms with Crippen molar-refractivity contribution in [3.05, 3.63) is 52.0 Å². The van der Waals surface area contributed by atoms with Gasteiger partial charge in [-0.05, 0) is 36.3 Å². The van der Waals surface area contributed by atoms with Gasteiger partial charge in [-0.1, -0.05) is 18.2 Å². The topological polar surface area (TPSA) is 45.2 Å². The first-order chi connectivity index (χ1) is 13.4. The molecule has 1 N–H and O–H groups in total. The summed E-state index contributed by atoms with van der Waals surface area (Å²) in [6.07, 6.45) is -0.794. The fourth-order valence-corrected chi connectivity index (χ4v) is 5.23. The third-order valence-corrected chi connectivity index (χ3v) is 6.52. The molecule has 1 aromatic heterocycles. The van der Waals surface area contributed by atoms with E-state index in [9.17, 15) is 18.0 Å². The van der Waals surface area contributed by atoms with Gasteiger partial charge in [-0.15, -0.1) is 11.3 Å². The molecule has 1 aromatic carbocycles. The van der Waals surface area contributed by atoms with E-state index in [0.29, 0.717) is 11.8 Å². The third-order valence-electron chi connectivity index (χ3n) is 5.75. The van der Waals surface area contributed by atoms with Gasteiger partial charge in [-0.2, -0.15) is 13.2 Å². The number of thiazole rings is 1. The number of rotatable bonds is 5. The molecule has 1 unspecified atom stereocenters. The van der Waals surface area contributed by atoms with Crippen molar-refractivity contribution in [1.82, 2.24) is 15.2 Å². The van der Waals surface area contributed by atoms with Crippen molar-refractivity contribution in [3.8, 4) is 0 Å². The van der Waals surface area contributed by atoms with Crippen LogP contribution < -0.4 is 5.32 Å². The highest BCUT2D eigenvalue weighted by atomic mass is 32.1. The lowest BCUT2D eigenvalue weighted by Gasteiger charge is -2.38. The molecule has 2 fully saturated rings. The van der Waals surface area contributed by atoms with Crippen molar-refractivity contribution < 1.29 is 18.0 Å². The Labute approximate surface area is 165 Å². The lowest BCUT2D eigenvalue weighted by molar-refractivity contribution is -0.138. The standard InChI is InChI=1S/C20H22F3N3OS/c21-20(22,23)16-4-2-1-3-13(16)9-17(27)25-19-14-5-6-15(19)11-26(10-14)12-18-24-7-8-28-18/h1-4,7-8,14-15,19H,5-6,9-12H2,(H,25,27)/t14-,15+,19?. The van der Waals surface area contributed by atoms with Crippen molar-refractivity contribution in [2.75, 3.05) is 13.1 Å². The van der Waals surface area contributed by atoms with Crippen molar-refractivity contribution in [1.29, 1.82) is 0 Å². The van der Waals surface area contributed by atoms with Gasteiger partial charge in [0.1, 0.15) is 5.01 Å². The number of nitrogens with zero attached hydrogens (tertiary/aromatic N) is 2. The molecule has 0 spiro atoms. The monoisotopic (exact) mass is 409 g/mol. The molecule has 1 saturated heterocycles. The first-order valence-electron chi connectivity index (χ1n) is 9.45. The molecule has 1 saturated carbocycles. The molecule has 2 heterocycles. The minimum absolute atomic E-state index is 0.0288. The average Bonchev–Trinajstić information content (AvgIpc) is 3.20. The van der Waals surface area contributed by atoms with Gasteiger partial charge in [0, 0.05) is 30.7 Å². The Balaban J connectivity index is 1.37. The number of hydrogen-bond acceptors (Lipinski definition) is 4. The summed E-state index contributed by atoms with van der Waals surface area (Å²) < 4.78 is 39.4. The molecule has 3 atom stereocenters. The fraction of sp³-hybridized carbons (Fsp3) is 0.500. The summed E-state index contributed by atoms with van der Waals surface area (Å²) in [6.45, 7) is 2.60. The zero-order valence-electron chi connectivity index (χ0n) is 15.3. The molecular formula is C20H22F3N3OS. The maximum Gasteiger partial charge on any atom is 0.416 e.